The summed E-state index contributed by atoms with van der Waals surface area (Å²) in [5, 5.41) is 12.3. The smallest absolute Gasteiger partial charge is 0.126 e. The Hall–Kier alpha value is -1.17. The van der Waals surface area contributed by atoms with Crippen LogP contribution >= 0.6 is 0 Å². The second-order valence-corrected chi connectivity index (χ2v) is 5.76. The van der Waals surface area contributed by atoms with Crippen molar-refractivity contribution in [3.05, 3.63) is 23.9 Å². The molecule has 1 fully saturated rings. The van der Waals surface area contributed by atoms with Gasteiger partial charge in [-0.2, -0.15) is 0 Å². The summed E-state index contributed by atoms with van der Waals surface area (Å²) in [7, 11) is 0. The first-order valence-electron chi connectivity index (χ1n) is 8.00. The van der Waals surface area contributed by atoms with Crippen LogP contribution in [-0.2, 0) is 0 Å². The lowest BCUT2D eigenvalue weighted by atomic mass is 10.2. The highest BCUT2D eigenvalue weighted by molar-refractivity contribution is 5.36. The summed E-state index contributed by atoms with van der Waals surface area (Å²) in [4.78, 5) is 9.17. The first-order chi connectivity index (χ1) is 10.3. The number of anilines is 1. The quantitative estimate of drug-likeness (QED) is 0.705. The van der Waals surface area contributed by atoms with Crippen molar-refractivity contribution in [2.24, 2.45) is 0 Å². The summed E-state index contributed by atoms with van der Waals surface area (Å²) >= 11 is 0. The molecule has 0 spiro atoms. The maximum atomic E-state index is 8.93. The van der Waals surface area contributed by atoms with Crippen LogP contribution in [0.25, 0.3) is 0 Å². The summed E-state index contributed by atoms with van der Waals surface area (Å²) in [5.74, 6) is 0.979. The summed E-state index contributed by atoms with van der Waals surface area (Å²) in [5.41, 5.74) is 1.24. The summed E-state index contributed by atoms with van der Waals surface area (Å²) < 4.78 is 0. The van der Waals surface area contributed by atoms with Crippen molar-refractivity contribution in [3.63, 3.8) is 0 Å². The Bertz CT molecular complexity index is 405. The molecule has 1 aliphatic heterocycles. The number of hydrogen-bond acceptors (Lipinski definition) is 5. The number of rotatable bonds is 8. The molecule has 0 amide bonds. The molecule has 118 valence electrons. The Morgan fingerprint density at radius 3 is 2.52 bits per heavy atom. The molecule has 2 rings (SSSR count). The third kappa shape index (κ3) is 5.99. The molecule has 1 aromatic rings. The fourth-order valence-electron chi connectivity index (χ4n) is 2.69. The van der Waals surface area contributed by atoms with Crippen molar-refractivity contribution < 1.29 is 5.11 Å². The Morgan fingerprint density at radius 2 is 1.86 bits per heavy atom. The third-order valence-corrected chi connectivity index (χ3v) is 4.00. The topological polar surface area (TPSA) is 51.6 Å². The van der Waals surface area contributed by atoms with E-state index in [1.165, 1.54) is 24.9 Å². The van der Waals surface area contributed by atoms with Gasteiger partial charge in [-0.05, 0) is 44.0 Å². The second-order valence-electron chi connectivity index (χ2n) is 5.76. The Kier molecular flexibility index (Phi) is 6.92. The van der Waals surface area contributed by atoms with Crippen molar-refractivity contribution in [2.45, 2.75) is 19.8 Å². The van der Waals surface area contributed by atoms with E-state index < -0.39 is 0 Å². The minimum atomic E-state index is 0.276. The second kappa shape index (κ2) is 8.97. The number of nitrogens with zero attached hydrogens (tertiary/aromatic N) is 3. The number of unbranched alkanes of at least 4 members (excludes halogenated alkanes) is 1. The van der Waals surface area contributed by atoms with Crippen molar-refractivity contribution >= 4 is 5.82 Å². The van der Waals surface area contributed by atoms with Crippen molar-refractivity contribution in [1.82, 2.24) is 14.8 Å². The van der Waals surface area contributed by atoms with Crippen LogP contribution < -0.4 is 5.32 Å². The van der Waals surface area contributed by atoms with Crippen LogP contribution in [0.1, 0.15) is 18.4 Å². The summed E-state index contributed by atoms with van der Waals surface area (Å²) in [6, 6.07) is 4.10. The molecule has 1 saturated heterocycles. The number of pyridine rings is 1. The minimum Gasteiger partial charge on any atom is -0.395 e. The molecule has 0 unspecified atom stereocenters. The van der Waals surface area contributed by atoms with Crippen molar-refractivity contribution in [3.8, 4) is 0 Å². The van der Waals surface area contributed by atoms with Gasteiger partial charge in [-0.1, -0.05) is 0 Å². The van der Waals surface area contributed by atoms with Gasteiger partial charge in [0.15, 0.2) is 0 Å². The Morgan fingerprint density at radius 1 is 1.14 bits per heavy atom. The molecule has 1 aromatic heterocycles. The zero-order valence-electron chi connectivity index (χ0n) is 13.1. The van der Waals surface area contributed by atoms with Crippen LogP contribution in [0.4, 0.5) is 5.82 Å². The van der Waals surface area contributed by atoms with Gasteiger partial charge in [-0.15, -0.1) is 0 Å². The maximum Gasteiger partial charge on any atom is 0.126 e. The van der Waals surface area contributed by atoms with Crippen LogP contribution in [0.15, 0.2) is 18.3 Å². The molecule has 0 bridgehead atoms. The van der Waals surface area contributed by atoms with E-state index in [0.717, 1.165) is 45.1 Å². The molecule has 0 atom stereocenters. The lowest BCUT2D eigenvalue weighted by molar-refractivity contribution is 0.112. The number of piperazine rings is 1. The molecule has 5 nitrogen and oxygen atoms in total. The minimum absolute atomic E-state index is 0.276. The lowest BCUT2D eigenvalue weighted by Crippen LogP contribution is -2.47. The fourth-order valence-corrected chi connectivity index (χ4v) is 2.69. The number of aromatic nitrogens is 1. The molecule has 2 heterocycles. The van der Waals surface area contributed by atoms with Crippen LogP contribution in [-0.4, -0.2) is 72.3 Å². The molecule has 2 N–H and O–H groups in total. The lowest BCUT2D eigenvalue weighted by Gasteiger charge is -2.34. The number of aliphatic hydroxyl groups excluding tert-OH is 1. The van der Waals surface area contributed by atoms with Gasteiger partial charge in [-0.3, -0.25) is 4.90 Å². The predicted molar refractivity (Wildman–Crippen MR) is 86.7 cm³/mol. The number of hydrogen-bond donors (Lipinski definition) is 2. The first kappa shape index (κ1) is 16.2. The number of β-amino-alcohol motifs (C(OH)–C–C–N with tert-alkyl or cyclic N) is 1. The summed E-state index contributed by atoms with van der Waals surface area (Å²) in [6.45, 7) is 9.79. The monoisotopic (exact) mass is 292 g/mol. The standard InChI is InChI=1S/C16H28N4O/c1-15-4-6-18-16(14-15)17-5-2-3-7-19-8-10-20(11-9-19)12-13-21/h4,6,14,21H,2-3,5,7-13H2,1H3,(H,17,18). The van der Waals surface area contributed by atoms with E-state index >= 15 is 0 Å². The first-order valence-corrected chi connectivity index (χ1v) is 8.00. The van der Waals surface area contributed by atoms with Gasteiger partial charge >= 0.3 is 0 Å². The number of nitrogens with one attached hydrogen (secondary N) is 1. The molecular weight excluding hydrogens is 264 g/mol. The number of aryl methyl sites for hydroxylation is 1. The van der Waals surface area contributed by atoms with E-state index in [9.17, 15) is 0 Å². The van der Waals surface area contributed by atoms with Gasteiger partial charge in [0.1, 0.15) is 5.82 Å². The van der Waals surface area contributed by atoms with Gasteiger partial charge < -0.3 is 15.3 Å². The van der Waals surface area contributed by atoms with Crippen LogP contribution in [0, 0.1) is 6.92 Å². The molecule has 0 aromatic carbocycles. The third-order valence-electron chi connectivity index (χ3n) is 4.00. The zero-order chi connectivity index (χ0) is 14.9. The molecule has 1 aliphatic rings. The molecule has 5 heteroatoms. The van der Waals surface area contributed by atoms with Crippen molar-refractivity contribution in [1.29, 1.82) is 0 Å². The van der Waals surface area contributed by atoms with E-state index in [2.05, 4.69) is 33.1 Å². The largest absolute Gasteiger partial charge is 0.395 e. The highest BCUT2D eigenvalue weighted by Gasteiger charge is 2.15. The average Bonchev–Trinajstić information content (AvgIpc) is 2.49. The van der Waals surface area contributed by atoms with Crippen molar-refractivity contribution in [2.75, 3.05) is 57.7 Å². The van der Waals surface area contributed by atoms with Crippen LogP contribution in [0.5, 0.6) is 0 Å². The van der Waals surface area contributed by atoms with E-state index in [1.807, 2.05) is 12.3 Å². The van der Waals surface area contributed by atoms with Crippen LogP contribution in [0.3, 0.4) is 0 Å². The van der Waals surface area contributed by atoms with Gasteiger partial charge in [0.25, 0.3) is 0 Å². The van der Waals surface area contributed by atoms with E-state index in [1.54, 1.807) is 0 Å². The molecule has 0 saturated carbocycles. The maximum absolute atomic E-state index is 8.93. The van der Waals surface area contributed by atoms with Gasteiger partial charge in [0.2, 0.25) is 0 Å². The van der Waals surface area contributed by atoms with Crippen LogP contribution in [0.2, 0.25) is 0 Å². The normalized spacial score (nSPS) is 17.0. The SMILES string of the molecule is Cc1ccnc(NCCCCN2CCN(CCO)CC2)c1. The average molecular weight is 292 g/mol. The molecule has 21 heavy (non-hydrogen) atoms. The fraction of sp³-hybridized carbons (Fsp3) is 0.688. The molecular formula is C16H28N4O. The van der Waals surface area contributed by atoms with Gasteiger partial charge in [0.05, 0.1) is 6.61 Å². The Balaban J connectivity index is 1.52. The van der Waals surface area contributed by atoms with E-state index in [-0.39, 0.29) is 6.61 Å². The highest BCUT2D eigenvalue weighted by atomic mass is 16.3. The summed E-state index contributed by atoms with van der Waals surface area (Å²) in [6.07, 6.45) is 4.24. The van der Waals surface area contributed by atoms with Gasteiger partial charge in [0, 0.05) is 45.5 Å². The Labute approximate surface area is 128 Å². The predicted octanol–water partition coefficient (Wildman–Crippen LogP) is 1.19. The molecule has 0 aliphatic carbocycles. The highest BCUT2D eigenvalue weighted by Crippen LogP contribution is 2.06. The zero-order valence-corrected chi connectivity index (χ0v) is 13.1. The van der Waals surface area contributed by atoms with E-state index in [4.69, 9.17) is 5.11 Å². The molecule has 0 radical (unpaired) electrons. The number of aliphatic hydroxyl groups is 1. The van der Waals surface area contributed by atoms with E-state index in [0.29, 0.717) is 0 Å². The van der Waals surface area contributed by atoms with Gasteiger partial charge in [-0.25, -0.2) is 4.98 Å².